The molecule has 0 spiro atoms. The third-order valence-corrected chi connectivity index (χ3v) is 0.861. The maximum absolute atomic E-state index is 4.86. The molecule has 0 N–H and O–H groups in total. The van der Waals surface area contributed by atoms with Crippen LogP contribution in [0.3, 0.4) is 0 Å². The maximum atomic E-state index is 4.86. The van der Waals surface area contributed by atoms with E-state index in [2.05, 4.69) is 12.7 Å². The third kappa shape index (κ3) is 1.74. The molecule has 1 rings (SSSR count). The predicted molar refractivity (Wildman–Crippen MR) is 27.6 cm³/mol. The van der Waals surface area contributed by atoms with Crippen molar-refractivity contribution in [3.05, 3.63) is 18.8 Å². The SMILES string of the molecule is [C]1CCC=CCO1. The van der Waals surface area contributed by atoms with Crippen molar-refractivity contribution >= 4 is 0 Å². The summed E-state index contributed by atoms with van der Waals surface area (Å²) in [5.41, 5.74) is 0. The second-order valence-electron chi connectivity index (χ2n) is 1.47. The van der Waals surface area contributed by atoms with Crippen molar-refractivity contribution in [1.29, 1.82) is 0 Å². The van der Waals surface area contributed by atoms with Crippen LogP contribution in [0.2, 0.25) is 0 Å². The quantitative estimate of drug-likeness (QED) is 0.414. The van der Waals surface area contributed by atoms with Gasteiger partial charge in [0.25, 0.3) is 0 Å². The first-order chi connectivity index (χ1) is 3.50. The van der Waals surface area contributed by atoms with Crippen LogP contribution in [0.15, 0.2) is 12.2 Å². The van der Waals surface area contributed by atoms with Crippen LogP contribution in [0.1, 0.15) is 12.8 Å². The molecule has 1 heteroatoms. The van der Waals surface area contributed by atoms with Gasteiger partial charge in [0.05, 0.1) is 6.61 Å². The van der Waals surface area contributed by atoms with Crippen molar-refractivity contribution in [1.82, 2.24) is 0 Å². The van der Waals surface area contributed by atoms with Crippen LogP contribution in [-0.4, -0.2) is 6.61 Å². The van der Waals surface area contributed by atoms with Crippen LogP contribution in [0.5, 0.6) is 0 Å². The Kier molecular flexibility index (Phi) is 1.94. The van der Waals surface area contributed by atoms with Crippen LogP contribution < -0.4 is 0 Å². The van der Waals surface area contributed by atoms with E-state index >= 15 is 0 Å². The maximum Gasteiger partial charge on any atom is 0.132 e. The van der Waals surface area contributed by atoms with Gasteiger partial charge in [-0.25, -0.2) is 0 Å². The summed E-state index contributed by atoms with van der Waals surface area (Å²) in [5, 5.41) is 0. The summed E-state index contributed by atoms with van der Waals surface area (Å²) in [7, 11) is 0. The molecule has 0 unspecified atom stereocenters. The minimum Gasteiger partial charge on any atom is -0.365 e. The first-order valence-corrected chi connectivity index (χ1v) is 2.50. The lowest BCUT2D eigenvalue weighted by atomic mass is 10.3. The van der Waals surface area contributed by atoms with Crippen molar-refractivity contribution in [3.63, 3.8) is 0 Å². The number of hydrogen-bond acceptors (Lipinski definition) is 1. The van der Waals surface area contributed by atoms with Gasteiger partial charge in [0, 0.05) is 0 Å². The summed E-state index contributed by atoms with van der Waals surface area (Å²) in [4.78, 5) is 0. The molecule has 1 nitrogen and oxygen atoms in total. The van der Waals surface area contributed by atoms with Crippen LogP contribution in [-0.2, 0) is 4.74 Å². The van der Waals surface area contributed by atoms with Gasteiger partial charge in [-0.1, -0.05) is 12.2 Å². The first kappa shape index (κ1) is 4.85. The Labute approximate surface area is 44.0 Å². The van der Waals surface area contributed by atoms with Crippen molar-refractivity contribution < 1.29 is 4.74 Å². The molecule has 0 aromatic rings. The number of allylic oxidation sites excluding steroid dienone is 1. The molecule has 38 valence electrons. The van der Waals surface area contributed by atoms with E-state index in [0.717, 1.165) is 12.8 Å². The van der Waals surface area contributed by atoms with Gasteiger partial charge >= 0.3 is 0 Å². The largest absolute Gasteiger partial charge is 0.365 e. The molecular formula is C6H8O. The van der Waals surface area contributed by atoms with Gasteiger partial charge in [0.2, 0.25) is 0 Å². The van der Waals surface area contributed by atoms with E-state index in [9.17, 15) is 0 Å². The molecule has 0 saturated heterocycles. The van der Waals surface area contributed by atoms with E-state index in [-0.39, 0.29) is 0 Å². The molecule has 0 saturated carbocycles. The molecule has 0 amide bonds. The lowest BCUT2D eigenvalue weighted by molar-refractivity contribution is 0.230. The lowest BCUT2D eigenvalue weighted by Crippen LogP contribution is -1.81. The summed E-state index contributed by atoms with van der Waals surface area (Å²) in [6.45, 7) is 3.49. The van der Waals surface area contributed by atoms with Gasteiger partial charge in [-0.3, -0.25) is 0 Å². The lowest BCUT2D eigenvalue weighted by Gasteiger charge is -1.88. The molecule has 0 aromatic heterocycles. The van der Waals surface area contributed by atoms with Crippen LogP contribution in [0, 0.1) is 6.61 Å². The molecule has 2 radical (unpaired) electrons. The predicted octanol–water partition coefficient (Wildman–Crippen LogP) is 1.39. The smallest absolute Gasteiger partial charge is 0.132 e. The highest BCUT2D eigenvalue weighted by atomic mass is 16.5. The fourth-order valence-corrected chi connectivity index (χ4v) is 0.507. The molecule has 0 fully saturated rings. The minimum absolute atomic E-state index is 0.708. The molecule has 0 aromatic carbocycles. The van der Waals surface area contributed by atoms with E-state index in [4.69, 9.17) is 4.74 Å². The summed E-state index contributed by atoms with van der Waals surface area (Å²) < 4.78 is 4.86. The average molecular weight is 96.1 g/mol. The van der Waals surface area contributed by atoms with Crippen molar-refractivity contribution in [2.75, 3.05) is 6.61 Å². The normalized spacial score (nSPS) is 21.7. The zero-order valence-electron chi connectivity index (χ0n) is 4.18. The van der Waals surface area contributed by atoms with E-state index in [1.807, 2.05) is 6.08 Å². The van der Waals surface area contributed by atoms with Gasteiger partial charge in [-0.15, -0.1) is 0 Å². The second-order valence-corrected chi connectivity index (χ2v) is 1.47. The van der Waals surface area contributed by atoms with Gasteiger partial charge in [-0.05, 0) is 12.8 Å². The minimum atomic E-state index is 0.708. The van der Waals surface area contributed by atoms with Crippen LogP contribution in [0.4, 0.5) is 0 Å². The molecular weight excluding hydrogens is 88.1 g/mol. The highest BCUT2D eigenvalue weighted by Gasteiger charge is 1.89. The molecule has 0 atom stereocenters. The van der Waals surface area contributed by atoms with Gasteiger partial charge < -0.3 is 4.74 Å². The number of hydrogen-bond donors (Lipinski definition) is 0. The Hall–Kier alpha value is -0.300. The average Bonchev–Trinajstić information content (AvgIpc) is 1.90. The van der Waals surface area contributed by atoms with E-state index in [0.29, 0.717) is 6.61 Å². The molecule has 0 aliphatic carbocycles. The van der Waals surface area contributed by atoms with E-state index < -0.39 is 0 Å². The zero-order chi connectivity index (χ0) is 4.95. The molecule has 1 heterocycles. The van der Waals surface area contributed by atoms with Gasteiger partial charge in [0.15, 0.2) is 0 Å². The highest BCUT2D eigenvalue weighted by molar-refractivity contribution is 4.85. The fraction of sp³-hybridized carbons (Fsp3) is 0.500. The number of ether oxygens (including phenoxy) is 1. The summed E-state index contributed by atoms with van der Waals surface area (Å²) in [6.07, 6.45) is 6.15. The molecule has 0 bridgehead atoms. The first-order valence-electron chi connectivity index (χ1n) is 2.50. The second kappa shape index (κ2) is 2.80. The van der Waals surface area contributed by atoms with Crippen molar-refractivity contribution in [2.45, 2.75) is 12.8 Å². The number of rotatable bonds is 0. The standard InChI is InChI=1S/C6H8O/c1-2-4-6-7-5-3-1/h1,3H,2,4-5H2. The van der Waals surface area contributed by atoms with E-state index in [1.165, 1.54) is 0 Å². The van der Waals surface area contributed by atoms with Crippen LogP contribution >= 0.6 is 0 Å². The van der Waals surface area contributed by atoms with Crippen molar-refractivity contribution in [3.8, 4) is 0 Å². The Morgan fingerprint density at radius 2 is 2.43 bits per heavy atom. The summed E-state index contributed by atoms with van der Waals surface area (Å²) >= 11 is 0. The molecule has 7 heavy (non-hydrogen) atoms. The van der Waals surface area contributed by atoms with Gasteiger partial charge in [-0.2, -0.15) is 0 Å². The summed E-state index contributed by atoms with van der Waals surface area (Å²) in [6, 6.07) is 0. The van der Waals surface area contributed by atoms with Gasteiger partial charge in [0.1, 0.15) is 6.61 Å². The van der Waals surface area contributed by atoms with E-state index in [1.54, 1.807) is 0 Å². The summed E-state index contributed by atoms with van der Waals surface area (Å²) in [5.74, 6) is 0. The third-order valence-electron chi connectivity index (χ3n) is 0.861. The Morgan fingerprint density at radius 1 is 1.43 bits per heavy atom. The Balaban J connectivity index is 2.20. The van der Waals surface area contributed by atoms with Crippen LogP contribution in [0.25, 0.3) is 0 Å². The zero-order valence-corrected chi connectivity index (χ0v) is 4.18. The van der Waals surface area contributed by atoms with Crippen molar-refractivity contribution in [2.24, 2.45) is 0 Å². The molecule has 1 aliphatic heterocycles. The highest BCUT2D eigenvalue weighted by Crippen LogP contribution is 2.00. The topological polar surface area (TPSA) is 9.23 Å². The fourth-order valence-electron chi connectivity index (χ4n) is 0.507. The monoisotopic (exact) mass is 96.1 g/mol. The Bertz CT molecular complexity index is 58.6. The Morgan fingerprint density at radius 3 is 3.43 bits per heavy atom. The molecule has 1 aliphatic rings.